The average molecular weight is 573 g/mol. The molecule has 33 heavy (non-hydrogen) atoms. The summed E-state index contributed by atoms with van der Waals surface area (Å²) in [5.74, 6) is 1.01. The van der Waals surface area contributed by atoms with E-state index in [4.69, 9.17) is 14.5 Å². The van der Waals surface area contributed by atoms with Crippen LogP contribution in [-0.4, -0.2) is 87.4 Å². The predicted molar refractivity (Wildman–Crippen MR) is 144 cm³/mol. The largest absolute Gasteiger partial charge is 0.376 e. The minimum Gasteiger partial charge on any atom is -0.376 e. The molecule has 8 heteroatoms. The molecule has 2 fully saturated rings. The molecule has 3 rings (SSSR count). The van der Waals surface area contributed by atoms with Gasteiger partial charge < -0.3 is 24.6 Å². The second-order valence-corrected chi connectivity index (χ2v) is 8.89. The lowest BCUT2D eigenvalue weighted by molar-refractivity contribution is -0.0721. The van der Waals surface area contributed by atoms with Gasteiger partial charge in [-0.2, -0.15) is 0 Å². The van der Waals surface area contributed by atoms with E-state index in [0.29, 0.717) is 12.6 Å². The summed E-state index contributed by atoms with van der Waals surface area (Å²) in [6, 6.07) is 7.85. The van der Waals surface area contributed by atoms with Crippen molar-refractivity contribution in [3.8, 4) is 0 Å². The Bertz CT molecular complexity index is 745. The highest BCUT2D eigenvalue weighted by Gasteiger charge is 2.23. The van der Waals surface area contributed by atoms with Crippen LogP contribution in [0.3, 0.4) is 0 Å². The molecule has 2 heterocycles. The maximum Gasteiger partial charge on any atom is 0.253 e. The summed E-state index contributed by atoms with van der Waals surface area (Å²) in [5, 5.41) is 3.44. The molecule has 0 bridgehead atoms. The molecular formula is C25H41IN4O3. The summed E-state index contributed by atoms with van der Waals surface area (Å²) >= 11 is 0. The molecule has 2 aliphatic rings. The highest BCUT2D eigenvalue weighted by molar-refractivity contribution is 14.0. The van der Waals surface area contributed by atoms with Crippen molar-refractivity contribution in [3.63, 3.8) is 0 Å². The molecule has 2 aliphatic heterocycles. The van der Waals surface area contributed by atoms with Crippen LogP contribution in [0.2, 0.25) is 0 Å². The zero-order chi connectivity index (χ0) is 22.8. The summed E-state index contributed by atoms with van der Waals surface area (Å²) < 4.78 is 11.9. The number of benzene rings is 1. The van der Waals surface area contributed by atoms with Crippen molar-refractivity contribution in [1.82, 2.24) is 15.1 Å². The van der Waals surface area contributed by atoms with Gasteiger partial charge in [-0.1, -0.05) is 12.1 Å². The Labute approximate surface area is 216 Å². The van der Waals surface area contributed by atoms with Crippen molar-refractivity contribution >= 4 is 35.8 Å². The summed E-state index contributed by atoms with van der Waals surface area (Å²) in [5.41, 5.74) is 1.86. The van der Waals surface area contributed by atoms with Crippen LogP contribution >= 0.6 is 24.0 Å². The van der Waals surface area contributed by atoms with E-state index in [-0.39, 0.29) is 36.0 Å². The molecule has 1 atom stereocenters. The normalized spacial score (nSPS) is 19.7. The third-order valence-electron chi connectivity index (χ3n) is 6.11. The van der Waals surface area contributed by atoms with Gasteiger partial charge in [0, 0.05) is 52.4 Å². The van der Waals surface area contributed by atoms with Crippen molar-refractivity contribution in [1.29, 1.82) is 0 Å². The highest BCUT2D eigenvalue weighted by atomic mass is 127. The number of nitrogens with zero attached hydrogens (tertiary/aromatic N) is 3. The number of ether oxygens (including phenoxy) is 2. The molecule has 0 spiro atoms. The Hall–Kier alpha value is -1.39. The van der Waals surface area contributed by atoms with Gasteiger partial charge in [0.1, 0.15) is 0 Å². The topological polar surface area (TPSA) is 66.4 Å². The van der Waals surface area contributed by atoms with Gasteiger partial charge in [0.05, 0.1) is 18.8 Å². The first-order valence-electron chi connectivity index (χ1n) is 12.1. The van der Waals surface area contributed by atoms with Crippen LogP contribution in [0.1, 0.15) is 54.9 Å². The molecule has 0 saturated carbocycles. The lowest BCUT2D eigenvalue weighted by Gasteiger charge is -2.35. The third kappa shape index (κ3) is 9.05. The van der Waals surface area contributed by atoms with Crippen LogP contribution in [-0.2, 0) is 15.9 Å². The maximum atomic E-state index is 12.2. The van der Waals surface area contributed by atoms with Crippen LogP contribution in [0.25, 0.3) is 0 Å². The Morgan fingerprint density at radius 1 is 1.24 bits per heavy atom. The number of hydrogen-bond acceptors (Lipinski definition) is 4. The number of carbonyl (C=O) groups excluding carboxylic acids is 1. The quantitative estimate of drug-likeness (QED) is 0.293. The summed E-state index contributed by atoms with van der Waals surface area (Å²) in [6.45, 7) is 7.16. The first-order chi connectivity index (χ1) is 15.6. The molecule has 0 aromatic heterocycles. The monoisotopic (exact) mass is 572 g/mol. The fourth-order valence-corrected chi connectivity index (χ4v) is 4.25. The summed E-state index contributed by atoms with van der Waals surface area (Å²) in [6.07, 6.45) is 7.01. The second kappa shape index (κ2) is 14.8. The number of aliphatic imine (C=N–C) groups is 1. The summed E-state index contributed by atoms with van der Waals surface area (Å²) in [4.78, 5) is 21.0. The number of piperidine rings is 1. The standard InChI is InChI=1S/C25H40N4O3.HI/c1-4-26-25(27-14-11-20-8-7-9-21(18-20)24(30)28(2)3)29-15-12-22(13-16-29)32-19-23-10-5-6-17-31-23;/h7-9,18,22-23H,4-6,10-17,19H2,1-3H3,(H,26,27);1H. The van der Waals surface area contributed by atoms with E-state index in [1.807, 2.05) is 18.2 Å². The lowest BCUT2D eigenvalue weighted by Crippen LogP contribution is -2.47. The number of carbonyl (C=O) groups is 1. The van der Waals surface area contributed by atoms with E-state index in [2.05, 4.69) is 23.2 Å². The number of rotatable bonds is 8. The molecule has 2 saturated heterocycles. The van der Waals surface area contributed by atoms with Crippen LogP contribution in [0.15, 0.2) is 29.3 Å². The van der Waals surface area contributed by atoms with Crippen LogP contribution in [0.4, 0.5) is 0 Å². The first kappa shape index (κ1) is 27.9. The van der Waals surface area contributed by atoms with E-state index in [0.717, 1.165) is 75.6 Å². The third-order valence-corrected chi connectivity index (χ3v) is 6.11. The zero-order valence-electron chi connectivity index (χ0n) is 20.4. The molecule has 0 radical (unpaired) electrons. The Morgan fingerprint density at radius 3 is 2.70 bits per heavy atom. The van der Waals surface area contributed by atoms with Crippen molar-refractivity contribution < 1.29 is 14.3 Å². The Kier molecular flexibility index (Phi) is 12.5. The molecule has 1 aromatic rings. The molecular weight excluding hydrogens is 531 g/mol. The minimum atomic E-state index is 0. The number of likely N-dealkylation sites (tertiary alicyclic amines) is 1. The van der Waals surface area contributed by atoms with Crippen molar-refractivity contribution in [2.45, 2.75) is 57.7 Å². The van der Waals surface area contributed by atoms with E-state index in [1.165, 1.54) is 12.8 Å². The molecule has 7 nitrogen and oxygen atoms in total. The second-order valence-electron chi connectivity index (χ2n) is 8.89. The fourth-order valence-electron chi connectivity index (χ4n) is 4.25. The lowest BCUT2D eigenvalue weighted by atomic mass is 10.1. The minimum absolute atomic E-state index is 0. The van der Waals surface area contributed by atoms with E-state index >= 15 is 0 Å². The van der Waals surface area contributed by atoms with Crippen molar-refractivity contribution in [3.05, 3.63) is 35.4 Å². The van der Waals surface area contributed by atoms with Crippen molar-refractivity contribution in [2.75, 3.05) is 53.5 Å². The van der Waals surface area contributed by atoms with E-state index in [1.54, 1.807) is 19.0 Å². The molecule has 186 valence electrons. The van der Waals surface area contributed by atoms with Gasteiger partial charge in [-0.15, -0.1) is 24.0 Å². The van der Waals surface area contributed by atoms with Crippen LogP contribution < -0.4 is 5.32 Å². The van der Waals surface area contributed by atoms with Gasteiger partial charge >= 0.3 is 0 Å². The maximum absolute atomic E-state index is 12.2. The molecule has 1 amide bonds. The van der Waals surface area contributed by atoms with Gasteiger partial charge in [0.2, 0.25) is 0 Å². The number of halogens is 1. The van der Waals surface area contributed by atoms with Gasteiger partial charge in [0.25, 0.3) is 5.91 Å². The number of guanidine groups is 1. The Morgan fingerprint density at radius 2 is 2.03 bits per heavy atom. The van der Waals surface area contributed by atoms with Crippen LogP contribution in [0, 0.1) is 0 Å². The Balaban J connectivity index is 0.00000385. The van der Waals surface area contributed by atoms with E-state index in [9.17, 15) is 4.79 Å². The summed E-state index contributed by atoms with van der Waals surface area (Å²) in [7, 11) is 3.56. The fraction of sp³-hybridized carbons (Fsp3) is 0.680. The van der Waals surface area contributed by atoms with E-state index < -0.39 is 0 Å². The number of hydrogen-bond donors (Lipinski definition) is 1. The molecule has 1 aromatic carbocycles. The molecule has 1 N–H and O–H groups in total. The zero-order valence-corrected chi connectivity index (χ0v) is 22.8. The molecule has 0 aliphatic carbocycles. The number of amides is 1. The average Bonchev–Trinajstić information content (AvgIpc) is 2.83. The molecule has 1 unspecified atom stereocenters. The van der Waals surface area contributed by atoms with Gasteiger partial charge in [-0.05, 0) is 63.1 Å². The number of nitrogens with one attached hydrogen (secondary N) is 1. The first-order valence-corrected chi connectivity index (χ1v) is 12.1. The SMILES string of the molecule is CCNC(=NCCc1cccc(C(=O)N(C)C)c1)N1CCC(OCC2CCCCO2)CC1.I. The van der Waals surface area contributed by atoms with Crippen LogP contribution in [0.5, 0.6) is 0 Å². The van der Waals surface area contributed by atoms with Gasteiger partial charge in [0.15, 0.2) is 5.96 Å². The van der Waals surface area contributed by atoms with Gasteiger partial charge in [-0.3, -0.25) is 9.79 Å². The van der Waals surface area contributed by atoms with Crippen molar-refractivity contribution in [2.24, 2.45) is 4.99 Å². The smallest absolute Gasteiger partial charge is 0.253 e. The van der Waals surface area contributed by atoms with Gasteiger partial charge in [-0.25, -0.2) is 0 Å². The predicted octanol–water partition coefficient (Wildman–Crippen LogP) is 3.56. The highest BCUT2D eigenvalue weighted by Crippen LogP contribution is 2.18.